The van der Waals surface area contributed by atoms with Crippen LogP contribution < -0.4 is 0 Å². The lowest BCUT2D eigenvalue weighted by Gasteiger charge is -2.42. The topological polar surface area (TPSA) is 53.5 Å². The van der Waals surface area contributed by atoms with Crippen molar-refractivity contribution in [3.05, 3.63) is 42.1 Å². The highest BCUT2D eigenvalue weighted by Gasteiger charge is 2.57. The predicted molar refractivity (Wildman–Crippen MR) is 91.9 cm³/mol. The molecular formula is C19H19F2N3O2. The minimum atomic E-state index is -3.08. The van der Waals surface area contributed by atoms with Crippen LogP contribution in [0.1, 0.15) is 23.2 Å². The molecule has 26 heavy (non-hydrogen) atoms. The fourth-order valence-electron chi connectivity index (χ4n) is 4.13. The quantitative estimate of drug-likeness (QED) is 0.786. The molecule has 2 fully saturated rings. The number of carbonyl (C=O) groups excluding carboxylic acids is 2. The van der Waals surface area contributed by atoms with E-state index in [1.54, 1.807) is 13.1 Å². The summed E-state index contributed by atoms with van der Waals surface area (Å²) >= 11 is 0. The lowest BCUT2D eigenvalue weighted by atomic mass is 9.76. The SMILES string of the molecule is CN1CC[C@]2(CN(C(=O)c3cnc4ccccc4c3)CC(F)(F)C2)C1=O. The Morgan fingerprint density at radius 1 is 1.23 bits per heavy atom. The largest absolute Gasteiger partial charge is 0.345 e. The van der Waals surface area contributed by atoms with Gasteiger partial charge in [-0.05, 0) is 18.6 Å². The number of hydrogen-bond acceptors (Lipinski definition) is 3. The molecule has 7 heteroatoms. The minimum absolute atomic E-state index is 0.0252. The van der Waals surface area contributed by atoms with Crippen molar-refractivity contribution in [1.29, 1.82) is 0 Å². The Kier molecular flexibility index (Phi) is 3.71. The molecule has 1 aromatic carbocycles. The van der Waals surface area contributed by atoms with Crippen molar-refractivity contribution >= 4 is 22.7 Å². The summed E-state index contributed by atoms with van der Waals surface area (Å²) in [6.07, 6.45) is 1.26. The number of likely N-dealkylation sites (tertiary alicyclic amines) is 2. The molecule has 2 aliphatic heterocycles. The van der Waals surface area contributed by atoms with Gasteiger partial charge in [0.1, 0.15) is 0 Å². The second-order valence-electron chi connectivity index (χ2n) is 7.37. The summed E-state index contributed by atoms with van der Waals surface area (Å²) < 4.78 is 28.8. The molecular weight excluding hydrogens is 340 g/mol. The lowest BCUT2D eigenvalue weighted by Crippen LogP contribution is -2.57. The zero-order valence-electron chi connectivity index (χ0n) is 14.4. The molecule has 4 rings (SSSR count). The molecule has 1 aromatic heterocycles. The van der Waals surface area contributed by atoms with Gasteiger partial charge in [-0.1, -0.05) is 18.2 Å². The molecule has 1 atom stereocenters. The van der Waals surface area contributed by atoms with Gasteiger partial charge in [0, 0.05) is 38.1 Å². The van der Waals surface area contributed by atoms with Crippen LogP contribution in [0.15, 0.2) is 36.5 Å². The van der Waals surface area contributed by atoms with Gasteiger partial charge in [-0.25, -0.2) is 8.78 Å². The van der Waals surface area contributed by atoms with Crippen LogP contribution in [0.3, 0.4) is 0 Å². The molecule has 0 N–H and O–H groups in total. The number of nitrogens with zero attached hydrogens (tertiary/aromatic N) is 3. The molecule has 0 radical (unpaired) electrons. The molecule has 0 unspecified atom stereocenters. The smallest absolute Gasteiger partial charge is 0.266 e. The Morgan fingerprint density at radius 3 is 2.73 bits per heavy atom. The number of pyridine rings is 1. The van der Waals surface area contributed by atoms with Crippen molar-refractivity contribution in [2.24, 2.45) is 5.41 Å². The summed E-state index contributed by atoms with van der Waals surface area (Å²) in [5.74, 6) is -3.89. The van der Waals surface area contributed by atoms with Crippen LogP contribution in [0.25, 0.3) is 10.9 Å². The monoisotopic (exact) mass is 359 g/mol. The number of benzene rings is 1. The van der Waals surface area contributed by atoms with Crippen molar-refractivity contribution in [3.8, 4) is 0 Å². The Bertz CT molecular complexity index is 901. The molecule has 3 heterocycles. The lowest BCUT2D eigenvalue weighted by molar-refractivity contribution is -0.150. The fourth-order valence-corrected chi connectivity index (χ4v) is 4.13. The molecule has 0 aliphatic carbocycles. The third-order valence-electron chi connectivity index (χ3n) is 5.36. The maximum atomic E-state index is 14.4. The average molecular weight is 359 g/mol. The number of fused-ring (bicyclic) bond motifs is 1. The van der Waals surface area contributed by atoms with Gasteiger partial charge >= 0.3 is 0 Å². The Hall–Kier alpha value is -2.57. The van der Waals surface area contributed by atoms with Crippen LogP contribution in [0.5, 0.6) is 0 Å². The molecule has 5 nitrogen and oxygen atoms in total. The van der Waals surface area contributed by atoms with Gasteiger partial charge in [0.2, 0.25) is 5.91 Å². The van der Waals surface area contributed by atoms with Crippen molar-refractivity contribution in [3.63, 3.8) is 0 Å². The Labute approximate surface area is 149 Å². The number of carbonyl (C=O) groups is 2. The van der Waals surface area contributed by atoms with E-state index in [4.69, 9.17) is 0 Å². The number of alkyl halides is 2. The van der Waals surface area contributed by atoms with Crippen LogP contribution in [-0.2, 0) is 4.79 Å². The van der Waals surface area contributed by atoms with E-state index in [0.29, 0.717) is 13.0 Å². The molecule has 2 aromatic rings. The van der Waals surface area contributed by atoms with E-state index in [-0.39, 0.29) is 18.0 Å². The van der Waals surface area contributed by atoms with Crippen LogP contribution >= 0.6 is 0 Å². The molecule has 2 aliphatic rings. The number of hydrogen-bond donors (Lipinski definition) is 0. The standard InChI is InChI=1S/C19H19F2N3O2/c1-23-7-6-18(17(23)26)10-19(20,21)12-24(11-18)16(25)14-8-13-4-2-3-5-15(13)22-9-14/h2-5,8-9H,6-7,10-12H2,1H3/t18-/m0/s1. The van der Waals surface area contributed by atoms with Gasteiger partial charge in [0.15, 0.2) is 0 Å². The number of piperidine rings is 1. The summed E-state index contributed by atoms with van der Waals surface area (Å²) in [7, 11) is 1.61. The predicted octanol–water partition coefficient (Wildman–Crippen LogP) is 2.56. The minimum Gasteiger partial charge on any atom is -0.345 e. The van der Waals surface area contributed by atoms with Gasteiger partial charge in [-0.3, -0.25) is 14.6 Å². The van der Waals surface area contributed by atoms with E-state index < -0.39 is 30.2 Å². The molecule has 2 amide bonds. The van der Waals surface area contributed by atoms with Crippen LogP contribution in [0, 0.1) is 5.41 Å². The zero-order chi connectivity index (χ0) is 18.5. The van der Waals surface area contributed by atoms with E-state index in [1.807, 2.05) is 24.3 Å². The number of amides is 2. The van der Waals surface area contributed by atoms with Crippen LogP contribution in [0.4, 0.5) is 8.78 Å². The van der Waals surface area contributed by atoms with Gasteiger partial charge < -0.3 is 9.80 Å². The number of halogens is 2. The molecule has 0 saturated carbocycles. The second kappa shape index (κ2) is 5.72. The van der Waals surface area contributed by atoms with Crippen molar-refractivity contribution < 1.29 is 18.4 Å². The van der Waals surface area contributed by atoms with Crippen molar-refractivity contribution in [1.82, 2.24) is 14.8 Å². The number of rotatable bonds is 1. The summed E-state index contributed by atoms with van der Waals surface area (Å²) in [6, 6.07) is 8.97. The van der Waals surface area contributed by atoms with Gasteiger partial charge in [0.25, 0.3) is 11.8 Å². The summed E-state index contributed by atoms with van der Waals surface area (Å²) in [5.41, 5.74) is -0.191. The van der Waals surface area contributed by atoms with Gasteiger partial charge in [0.05, 0.1) is 23.0 Å². The van der Waals surface area contributed by atoms with E-state index >= 15 is 0 Å². The zero-order valence-corrected chi connectivity index (χ0v) is 14.4. The first-order valence-electron chi connectivity index (χ1n) is 8.57. The first kappa shape index (κ1) is 16.9. The third kappa shape index (κ3) is 2.71. The highest BCUT2D eigenvalue weighted by atomic mass is 19.3. The maximum absolute atomic E-state index is 14.4. The first-order valence-corrected chi connectivity index (χ1v) is 8.57. The van der Waals surface area contributed by atoms with Crippen LogP contribution in [0.2, 0.25) is 0 Å². The summed E-state index contributed by atoms with van der Waals surface area (Å²) in [6.45, 7) is -0.205. The van der Waals surface area contributed by atoms with E-state index in [0.717, 1.165) is 15.8 Å². The fraction of sp³-hybridized carbons (Fsp3) is 0.421. The van der Waals surface area contributed by atoms with Gasteiger partial charge in [-0.2, -0.15) is 0 Å². The average Bonchev–Trinajstić information content (AvgIpc) is 2.87. The molecule has 1 spiro atoms. The second-order valence-corrected chi connectivity index (χ2v) is 7.37. The molecule has 0 bridgehead atoms. The summed E-state index contributed by atoms with van der Waals surface area (Å²) in [5, 5.41) is 0.772. The number of aromatic nitrogens is 1. The third-order valence-corrected chi connectivity index (χ3v) is 5.36. The Morgan fingerprint density at radius 2 is 2.00 bits per heavy atom. The van der Waals surface area contributed by atoms with Gasteiger partial charge in [-0.15, -0.1) is 0 Å². The molecule has 136 valence electrons. The highest BCUT2D eigenvalue weighted by molar-refractivity contribution is 5.98. The van der Waals surface area contributed by atoms with E-state index in [1.165, 1.54) is 11.1 Å². The maximum Gasteiger partial charge on any atom is 0.266 e. The van der Waals surface area contributed by atoms with Crippen LogP contribution in [-0.4, -0.2) is 59.2 Å². The Balaban J connectivity index is 1.67. The van der Waals surface area contributed by atoms with Crippen molar-refractivity contribution in [2.75, 3.05) is 26.7 Å². The van der Waals surface area contributed by atoms with E-state index in [9.17, 15) is 18.4 Å². The number of para-hydroxylation sites is 1. The summed E-state index contributed by atoms with van der Waals surface area (Å²) in [4.78, 5) is 32.2. The van der Waals surface area contributed by atoms with Crippen molar-refractivity contribution in [2.45, 2.75) is 18.8 Å². The van der Waals surface area contributed by atoms with E-state index in [2.05, 4.69) is 4.98 Å². The normalized spacial score (nSPS) is 25.3. The highest BCUT2D eigenvalue weighted by Crippen LogP contribution is 2.45. The molecule has 2 saturated heterocycles. The first-order chi connectivity index (χ1) is 12.3.